The van der Waals surface area contributed by atoms with E-state index >= 15 is 0 Å². The van der Waals surface area contributed by atoms with Gasteiger partial charge in [0.25, 0.3) is 0 Å². The molecule has 4 unspecified atom stereocenters. The van der Waals surface area contributed by atoms with E-state index in [1.54, 1.807) is 114 Å². The second kappa shape index (κ2) is 27.1. The molecule has 456 valence electrons. The Kier molecular flexibility index (Phi) is 21.4. The van der Waals surface area contributed by atoms with Crippen molar-refractivity contribution in [3.63, 3.8) is 0 Å². The molecule has 0 saturated heterocycles. The number of hydrogen-bond acceptors (Lipinski definition) is 18. The van der Waals surface area contributed by atoms with Gasteiger partial charge in [0.2, 0.25) is 11.8 Å². The van der Waals surface area contributed by atoms with Crippen LogP contribution < -0.4 is 5.73 Å². The molecular formula is C57H70Cl3N13O9S3. The Morgan fingerprint density at radius 2 is 0.953 bits per heavy atom. The normalized spacial score (nSPS) is 13.3. The number of carbonyl (C=O) groups excluding carboxylic acids is 1. The molecule has 7 heterocycles. The number of carbonyl (C=O) groups is 1. The molecule has 0 bridgehead atoms. The van der Waals surface area contributed by atoms with E-state index in [1.165, 1.54) is 31.3 Å². The number of rotatable bonds is 11. The summed E-state index contributed by atoms with van der Waals surface area (Å²) in [6, 6.07) is 9.69. The zero-order chi connectivity index (χ0) is 63.3. The topological polar surface area (TPSA) is 293 Å². The van der Waals surface area contributed by atoms with E-state index in [2.05, 4.69) is 62.6 Å². The highest BCUT2D eigenvalue weighted by molar-refractivity contribution is 7.99. The number of sulfone groups is 2. The van der Waals surface area contributed by atoms with Crippen molar-refractivity contribution in [2.24, 2.45) is 35.2 Å². The van der Waals surface area contributed by atoms with Crippen molar-refractivity contribution in [1.29, 1.82) is 0 Å². The average molecular weight is 1280 g/mol. The minimum atomic E-state index is -3.91. The number of halogens is 3. The number of aliphatic hydroxyl groups excluding tert-OH is 1. The molecule has 0 fully saturated rings. The van der Waals surface area contributed by atoms with Crippen molar-refractivity contribution in [3.05, 3.63) is 154 Å². The van der Waals surface area contributed by atoms with Gasteiger partial charge >= 0.3 is 0 Å². The van der Waals surface area contributed by atoms with Gasteiger partial charge in [-0.05, 0) is 64.1 Å². The lowest BCUT2D eigenvalue weighted by atomic mass is 9.97. The molecule has 0 aliphatic carbocycles. The maximum Gasteiger partial charge on any atom is 0.200 e. The smallest absolute Gasteiger partial charge is 0.200 e. The summed E-state index contributed by atoms with van der Waals surface area (Å²) < 4.78 is 72.4. The second-order valence-electron chi connectivity index (χ2n) is 21.7. The Morgan fingerprint density at radius 3 is 1.35 bits per heavy atom. The molecule has 3 aromatic carbocycles. The molecule has 10 aromatic rings. The number of aliphatic hydroxyl groups is 1. The van der Waals surface area contributed by atoms with Crippen LogP contribution in [0.5, 0.6) is 5.75 Å². The van der Waals surface area contributed by atoms with Crippen molar-refractivity contribution in [1.82, 2.24) is 57.7 Å². The van der Waals surface area contributed by atoms with Crippen LogP contribution in [0, 0.1) is 0 Å². The first kappa shape index (κ1) is 67.1. The number of fused-ring (bicyclic) bond motifs is 2. The standard InChI is InChI=1S/C17H20ClN3O3S.C17H20ClN3OS.C12H14ClN3O3S.C6H10N2O.C5H6N2O/c1-10(15-19-8-9-21(15)5)25(22,23)14-11(18)6-7-12-13(14)24-16(20-12)17(2,3)4;1-10(15-19-8-9-21(15)5)23-14-11(18)6-7-12-13(14)22-16(20-12)17(2,3)4;1-7(12-15-5-6-16(12)2)20(18,19)11-8(13)3-4-9(14)10(11)17;1-5(9)6-7-3-4-8(6)2;1-7-3-2-6-5(7)4-8/h6-10H,1-5H3;6-10H,1-5H3;3-7,17H,14H2,1-2H3;3-5,9H,1-2H3;2-4H,1H3. The molecule has 10 rings (SSSR count). The van der Waals surface area contributed by atoms with E-state index in [0.717, 1.165) is 34.0 Å². The summed E-state index contributed by atoms with van der Waals surface area (Å²) in [7, 11) is 1.33. The van der Waals surface area contributed by atoms with Crippen LogP contribution in [0.15, 0.2) is 122 Å². The lowest BCUT2D eigenvalue weighted by molar-refractivity contribution is 0.111. The van der Waals surface area contributed by atoms with Gasteiger partial charge in [-0.15, -0.1) is 11.8 Å². The van der Waals surface area contributed by atoms with E-state index in [0.29, 0.717) is 39.7 Å². The van der Waals surface area contributed by atoms with Crippen molar-refractivity contribution in [2.75, 3.05) is 5.73 Å². The van der Waals surface area contributed by atoms with Gasteiger partial charge in [-0.25, -0.2) is 51.7 Å². The third-order valence-corrected chi connectivity index (χ3v) is 19.7. The fourth-order valence-electron chi connectivity index (χ4n) is 8.17. The highest BCUT2D eigenvalue weighted by atomic mass is 35.5. The molecule has 4 atom stereocenters. The summed E-state index contributed by atoms with van der Waals surface area (Å²) in [5, 5.41) is 18.0. The zero-order valence-corrected chi connectivity index (χ0v) is 54.4. The molecule has 22 nitrogen and oxygen atoms in total. The summed E-state index contributed by atoms with van der Waals surface area (Å²) in [6.07, 6.45) is 17.2. The van der Waals surface area contributed by atoms with Gasteiger partial charge in [0.1, 0.15) is 60.7 Å². The van der Waals surface area contributed by atoms with Crippen LogP contribution in [0.25, 0.3) is 22.2 Å². The molecule has 0 radical (unpaired) electrons. The molecule has 0 saturated carbocycles. The van der Waals surface area contributed by atoms with E-state index < -0.39 is 42.0 Å². The number of nitrogen functional groups attached to an aromatic ring is 1. The predicted octanol–water partition coefficient (Wildman–Crippen LogP) is 12.0. The number of thioether (sulfide) groups is 1. The second-order valence-corrected chi connectivity index (χ2v) is 28.7. The molecule has 0 amide bonds. The van der Waals surface area contributed by atoms with Gasteiger partial charge in [0, 0.05) is 108 Å². The van der Waals surface area contributed by atoms with Crippen molar-refractivity contribution in [2.45, 2.75) is 117 Å². The molecule has 28 heteroatoms. The lowest BCUT2D eigenvalue weighted by Crippen LogP contribution is -2.15. The predicted molar refractivity (Wildman–Crippen MR) is 331 cm³/mol. The summed E-state index contributed by atoms with van der Waals surface area (Å²) in [5.41, 5.74) is 7.27. The lowest BCUT2D eigenvalue weighted by Gasteiger charge is -2.16. The number of phenolic OH excluding ortho intramolecular Hbond substituents is 1. The van der Waals surface area contributed by atoms with Crippen LogP contribution in [0.4, 0.5) is 5.69 Å². The molecule has 7 aromatic heterocycles. The van der Waals surface area contributed by atoms with Gasteiger partial charge in [0.15, 0.2) is 48.7 Å². The zero-order valence-electron chi connectivity index (χ0n) is 49.7. The highest BCUT2D eigenvalue weighted by Crippen LogP contribution is 2.44. The van der Waals surface area contributed by atoms with Crippen LogP contribution in [0.2, 0.25) is 15.1 Å². The first-order valence-corrected chi connectivity index (χ1v) is 31.3. The Balaban J connectivity index is 0.000000180. The van der Waals surface area contributed by atoms with E-state index in [4.69, 9.17) is 54.5 Å². The van der Waals surface area contributed by atoms with Crippen molar-refractivity contribution in [3.8, 4) is 5.75 Å². The summed E-state index contributed by atoms with van der Waals surface area (Å²) in [6.45, 7) is 19.0. The Hall–Kier alpha value is -7.00. The Labute approximate surface area is 513 Å². The largest absolute Gasteiger partial charge is 0.504 e. The summed E-state index contributed by atoms with van der Waals surface area (Å²) in [5.74, 6) is 3.61. The van der Waals surface area contributed by atoms with Gasteiger partial charge in [-0.2, -0.15) is 0 Å². The van der Waals surface area contributed by atoms with E-state index in [1.807, 2.05) is 64.0 Å². The number of aromatic nitrogens is 12. The number of nitrogens with zero attached hydrogens (tertiary/aromatic N) is 12. The van der Waals surface area contributed by atoms with Crippen molar-refractivity contribution >= 4 is 100 Å². The quantitative estimate of drug-likeness (QED) is 0.0469. The molecule has 0 spiro atoms. The van der Waals surface area contributed by atoms with E-state index in [9.17, 15) is 26.7 Å². The number of aldehydes is 1. The average Bonchev–Trinajstić information content (AvgIpc) is 2.56. The number of oxazole rings is 2. The SMILES string of the molecule is CC(O)c1nccn1C.CC(Sc1c(Cl)ccc2nc(C(C)(C)C)oc12)c1nccn1C.CC(c1nccn1C)S(=O)(=O)c1c(Cl)ccc(N)c1O.CC(c1nccn1C)S(=O)(=O)c1c(Cl)ccc2nc(C(C)(C)C)oc12.Cn1ccnc1C=O. The van der Waals surface area contributed by atoms with Crippen LogP contribution in [-0.2, 0) is 65.7 Å². The minimum absolute atomic E-state index is 0.0369. The molecular weight excluding hydrogens is 1210 g/mol. The fourth-order valence-corrected chi connectivity index (χ4v) is 13.7. The summed E-state index contributed by atoms with van der Waals surface area (Å²) in [4.78, 5) is 39.8. The number of imidazole rings is 5. The maximum absolute atomic E-state index is 13.3. The van der Waals surface area contributed by atoms with Gasteiger partial charge in [-0.1, -0.05) is 76.3 Å². The number of nitrogens with two attached hydrogens (primary N) is 1. The van der Waals surface area contributed by atoms with Gasteiger partial charge in [-0.3, -0.25) is 4.79 Å². The first-order valence-electron chi connectivity index (χ1n) is 26.2. The molecule has 0 aliphatic heterocycles. The van der Waals surface area contributed by atoms with Crippen LogP contribution in [-0.4, -0.2) is 91.1 Å². The third-order valence-electron chi connectivity index (χ3n) is 13.0. The molecule has 85 heavy (non-hydrogen) atoms. The minimum Gasteiger partial charge on any atom is -0.504 e. The number of phenols is 1. The first-order chi connectivity index (χ1) is 39.6. The fraction of sp³-hybridized carbons (Fsp3) is 0.368. The van der Waals surface area contributed by atoms with Crippen LogP contribution in [0.1, 0.15) is 137 Å². The van der Waals surface area contributed by atoms with Crippen LogP contribution >= 0.6 is 46.6 Å². The Bertz CT molecular complexity index is 4170. The third kappa shape index (κ3) is 15.3. The number of aromatic hydroxyl groups is 1. The Morgan fingerprint density at radius 1 is 0.565 bits per heavy atom. The number of anilines is 1. The number of benzene rings is 3. The van der Waals surface area contributed by atoms with Gasteiger partial charge in [0.05, 0.1) is 30.9 Å². The maximum atomic E-state index is 13.3. The number of hydrogen-bond donors (Lipinski definition) is 3. The van der Waals surface area contributed by atoms with Crippen molar-refractivity contribution < 1.29 is 40.7 Å². The highest BCUT2D eigenvalue weighted by Gasteiger charge is 2.36. The summed E-state index contributed by atoms with van der Waals surface area (Å²) >= 11 is 20.3. The monoisotopic (exact) mass is 1280 g/mol. The van der Waals surface area contributed by atoms with Gasteiger partial charge < -0.3 is 47.6 Å². The molecule has 0 aliphatic rings. The van der Waals surface area contributed by atoms with Crippen LogP contribution in [0.3, 0.4) is 0 Å². The molecule has 4 N–H and O–H groups in total. The van der Waals surface area contributed by atoms with E-state index in [-0.39, 0.29) is 47.2 Å². The number of aryl methyl sites for hydroxylation is 5.